The van der Waals surface area contributed by atoms with Gasteiger partial charge in [0.15, 0.2) is 0 Å². The van der Waals surface area contributed by atoms with Gasteiger partial charge in [0.1, 0.15) is 6.29 Å². The van der Waals surface area contributed by atoms with Gasteiger partial charge in [0.05, 0.1) is 5.92 Å². The molecule has 1 aromatic carbocycles. The Hall–Kier alpha value is -1.23. The van der Waals surface area contributed by atoms with Crippen molar-refractivity contribution in [1.29, 1.82) is 0 Å². The van der Waals surface area contributed by atoms with E-state index in [1.807, 2.05) is 38.1 Å². The number of nitrogens with zero attached hydrogens (tertiary/aromatic N) is 1. The van der Waals surface area contributed by atoms with Gasteiger partial charge in [0.25, 0.3) is 0 Å². The SMILES string of the molecule is CC(C)C[C@H](C=O)[C@@H](C[N+](=O)[O-])c1ccc(Br)cc1. The van der Waals surface area contributed by atoms with Gasteiger partial charge in [-0.15, -0.1) is 0 Å². The van der Waals surface area contributed by atoms with Crippen LogP contribution in [0, 0.1) is 22.0 Å². The van der Waals surface area contributed by atoms with E-state index in [9.17, 15) is 14.9 Å². The topological polar surface area (TPSA) is 60.2 Å². The highest BCUT2D eigenvalue weighted by molar-refractivity contribution is 9.10. The van der Waals surface area contributed by atoms with Crippen LogP contribution in [0.5, 0.6) is 0 Å². The van der Waals surface area contributed by atoms with Crippen molar-refractivity contribution in [3.05, 3.63) is 44.4 Å². The molecule has 0 radical (unpaired) electrons. The molecule has 0 amide bonds. The van der Waals surface area contributed by atoms with E-state index in [4.69, 9.17) is 0 Å². The van der Waals surface area contributed by atoms with Crippen molar-refractivity contribution in [2.75, 3.05) is 6.54 Å². The fraction of sp³-hybridized carbons (Fsp3) is 0.500. The number of carbonyl (C=O) groups excluding carboxylic acids is 1. The minimum Gasteiger partial charge on any atom is -0.303 e. The molecular formula is C14H18BrNO3. The Morgan fingerprint density at radius 3 is 2.32 bits per heavy atom. The first-order chi connectivity index (χ1) is 8.93. The summed E-state index contributed by atoms with van der Waals surface area (Å²) in [4.78, 5) is 21.8. The summed E-state index contributed by atoms with van der Waals surface area (Å²) >= 11 is 3.34. The van der Waals surface area contributed by atoms with Crippen molar-refractivity contribution in [3.63, 3.8) is 0 Å². The van der Waals surface area contributed by atoms with Crippen LogP contribution >= 0.6 is 15.9 Å². The zero-order valence-corrected chi connectivity index (χ0v) is 12.7. The second-order valence-electron chi connectivity index (χ2n) is 5.10. The van der Waals surface area contributed by atoms with E-state index >= 15 is 0 Å². The Morgan fingerprint density at radius 1 is 1.32 bits per heavy atom. The second kappa shape index (κ2) is 7.38. The van der Waals surface area contributed by atoms with Crippen molar-refractivity contribution in [1.82, 2.24) is 0 Å². The third-order valence-corrected chi connectivity index (χ3v) is 3.61. The zero-order chi connectivity index (χ0) is 14.4. The summed E-state index contributed by atoms with van der Waals surface area (Å²) in [6.07, 6.45) is 1.52. The lowest BCUT2D eigenvalue weighted by Crippen LogP contribution is -2.23. The van der Waals surface area contributed by atoms with Crippen LogP contribution in [0.4, 0.5) is 0 Å². The lowest BCUT2D eigenvalue weighted by Gasteiger charge is -2.21. The fourth-order valence-electron chi connectivity index (χ4n) is 2.22. The minimum atomic E-state index is -0.358. The maximum absolute atomic E-state index is 11.3. The predicted molar refractivity (Wildman–Crippen MR) is 77.8 cm³/mol. The molecule has 0 saturated heterocycles. The summed E-state index contributed by atoms with van der Waals surface area (Å²) in [6.45, 7) is 3.82. The number of hydrogen-bond donors (Lipinski definition) is 0. The molecule has 19 heavy (non-hydrogen) atoms. The maximum Gasteiger partial charge on any atom is 0.211 e. The average Bonchev–Trinajstić information content (AvgIpc) is 2.34. The van der Waals surface area contributed by atoms with Gasteiger partial charge in [0.2, 0.25) is 6.54 Å². The number of rotatable bonds is 7. The van der Waals surface area contributed by atoms with Gasteiger partial charge < -0.3 is 4.79 Å². The summed E-state index contributed by atoms with van der Waals surface area (Å²) in [6, 6.07) is 7.38. The van der Waals surface area contributed by atoms with E-state index in [0.29, 0.717) is 12.3 Å². The van der Waals surface area contributed by atoms with Gasteiger partial charge in [-0.2, -0.15) is 0 Å². The van der Waals surface area contributed by atoms with Gasteiger partial charge in [-0.25, -0.2) is 0 Å². The summed E-state index contributed by atoms with van der Waals surface area (Å²) < 4.78 is 0.919. The molecule has 0 aliphatic heterocycles. The molecule has 0 spiro atoms. The molecule has 0 unspecified atom stereocenters. The van der Waals surface area contributed by atoms with Crippen LogP contribution in [0.25, 0.3) is 0 Å². The van der Waals surface area contributed by atoms with Gasteiger partial charge in [-0.05, 0) is 30.0 Å². The fourth-order valence-corrected chi connectivity index (χ4v) is 2.48. The van der Waals surface area contributed by atoms with Crippen LogP contribution in [0.2, 0.25) is 0 Å². The molecule has 0 bridgehead atoms. The van der Waals surface area contributed by atoms with Crippen molar-refractivity contribution in [2.24, 2.45) is 11.8 Å². The van der Waals surface area contributed by atoms with Crippen molar-refractivity contribution in [2.45, 2.75) is 26.2 Å². The summed E-state index contributed by atoms with van der Waals surface area (Å²) in [5.41, 5.74) is 0.845. The molecule has 4 nitrogen and oxygen atoms in total. The third-order valence-electron chi connectivity index (χ3n) is 3.08. The molecule has 1 aromatic rings. The first kappa shape index (κ1) is 15.8. The molecule has 0 fully saturated rings. The maximum atomic E-state index is 11.3. The lowest BCUT2D eigenvalue weighted by atomic mass is 9.82. The van der Waals surface area contributed by atoms with Gasteiger partial charge >= 0.3 is 0 Å². The normalized spacial score (nSPS) is 14.1. The van der Waals surface area contributed by atoms with E-state index < -0.39 is 0 Å². The van der Waals surface area contributed by atoms with Crippen LogP contribution in [0.3, 0.4) is 0 Å². The van der Waals surface area contributed by atoms with Crippen LogP contribution < -0.4 is 0 Å². The quantitative estimate of drug-likeness (QED) is 0.436. The van der Waals surface area contributed by atoms with Gasteiger partial charge in [0, 0.05) is 15.3 Å². The van der Waals surface area contributed by atoms with E-state index in [1.54, 1.807) is 0 Å². The standard InChI is InChI=1S/C14H18BrNO3/c1-10(2)7-12(9-17)14(8-16(18)19)11-3-5-13(15)6-4-11/h3-6,9-10,12,14H,7-8H2,1-2H3/t12-,14+/m1/s1. The Labute approximate surface area is 121 Å². The van der Waals surface area contributed by atoms with Crippen molar-refractivity contribution in [3.8, 4) is 0 Å². The summed E-state index contributed by atoms with van der Waals surface area (Å²) in [7, 11) is 0. The van der Waals surface area contributed by atoms with E-state index in [1.165, 1.54) is 0 Å². The molecule has 0 N–H and O–H groups in total. The number of benzene rings is 1. The van der Waals surface area contributed by atoms with E-state index in [2.05, 4.69) is 15.9 Å². The largest absolute Gasteiger partial charge is 0.303 e. The molecular weight excluding hydrogens is 310 g/mol. The first-order valence-corrected chi connectivity index (χ1v) is 7.06. The first-order valence-electron chi connectivity index (χ1n) is 6.26. The number of hydrogen-bond acceptors (Lipinski definition) is 3. The molecule has 2 atom stereocenters. The molecule has 0 aliphatic carbocycles. The highest BCUT2D eigenvalue weighted by Crippen LogP contribution is 2.29. The van der Waals surface area contributed by atoms with Gasteiger partial charge in [-0.1, -0.05) is 41.9 Å². The molecule has 0 aliphatic rings. The Morgan fingerprint density at radius 2 is 1.89 bits per heavy atom. The minimum absolute atomic E-state index is 0.211. The number of carbonyl (C=O) groups is 1. The highest BCUT2D eigenvalue weighted by Gasteiger charge is 2.28. The van der Waals surface area contributed by atoms with Crippen LogP contribution in [0.15, 0.2) is 28.7 Å². The lowest BCUT2D eigenvalue weighted by molar-refractivity contribution is -0.484. The molecule has 1 rings (SSSR count). The van der Waals surface area contributed by atoms with E-state index in [-0.39, 0.29) is 23.3 Å². The average molecular weight is 328 g/mol. The van der Waals surface area contributed by atoms with Crippen LogP contribution in [0.1, 0.15) is 31.7 Å². The Bertz CT molecular complexity index is 431. The smallest absolute Gasteiger partial charge is 0.211 e. The molecule has 0 saturated carbocycles. The number of halogens is 1. The molecule has 0 heterocycles. The zero-order valence-electron chi connectivity index (χ0n) is 11.1. The number of aldehydes is 1. The number of nitro groups is 1. The summed E-state index contributed by atoms with van der Waals surface area (Å²) in [5, 5.41) is 10.8. The molecule has 0 aromatic heterocycles. The van der Waals surface area contributed by atoms with Crippen molar-refractivity contribution < 1.29 is 9.72 Å². The van der Waals surface area contributed by atoms with Crippen LogP contribution in [-0.2, 0) is 4.79 Å². The van der Waals surface area contributed by atoms with Gasteiger partial charge in [-0.3, -0.25) is 10.1 Å². The predicted octanol–water partition coefficient (Wildman–Crippen LogP) is 3.67. The van der Waals surface area contributed by atoms with E-state index in [0.717, 1.165) is 16.3 Å². The third kappa shape index (κ3) is 5.11. The monoisotopic (exact) mass is 327 g/mol. The van der Waals surface area contributed by atoms with Crippen LogP contribution in [-0.4, -0.2) is 17.8 Å². The molecule has 5 heteroatoms. The second-order valence-corrected chi connectivity index (χ2v) is 6.02. The molecule has 104 valence electrons. The Balaban J connectivity index is 3.01. The van der Waals surface area contributed by atoms with Crippen molar-refractivity contribution >= 4 is 22.2 Å². The summed E-state index contributed by atoms with van der Waals surface area (Å²) in [5.74, 6) is -0.338. The highest BCUT2D eigenvalue weighted by atomic mass is 79.9. The Kier molecular flexibility index (Phi) is 6.15.